The predicted octanol–water partition coefficient (Wildman–Crippen LogP) is 4.99. The Labute approximate surface area is 252 Å². The highest BCUT2D eigenvalue weighted by Gasteiger charge is 2.25. The molecule has 3 aromatic carbocycles. The molecule has 0 aromatic heterocycles. The van der Waals surface area contributed by atoms with Crippen molar-refractivity contribution in [2.75, 3.05) is 63.7 Å². The van der Waals surface area contributed by atoms with Gasteiger partial charge in [0, 0.05) is 37.1 Å². The van der Waals surface area contributed by atoms with Crippen LogP contribution in [0.4, 0.5) is 16.2 Å². The quantitative estimate of drug-likeness (QED) is 0.164. The van der Waals surface area contributed by atoms with Gasteiger partial charge in [-0.1, -0.05) is 51.1 Å². The standard InChI is InChI=1S/C33H40N4O6/c1-6-13-34-32(40)36-27-21-22(33(2,3)4)20-26(30(27)41-5)35-31(39)29(38)25-11-12-28(24-10-8-7-9-23(24)25)43-19-16-37-14-17-42-18-15-37/h6-12,20-21H,1,13-19H2,2-5H3,(H,35,39)(H2,34,36,40). The van der Waals surface area contributed by atoms with E-state index >= 15 is 0 Å². The lowest BCUT2D eigenvalue weighted by Crippen LogP contribution is -2.38. The number of rotatable bonds is 11. The van der Waals surface area contributed by atoms with E-state index in [-0.39, 0.29) is 29.0 Å². The first-order valence-corrected chi connectivity index (χ1v) is 14.3. The van der Waals surface area contributed by atoms with E-state index in [1.165, 1.54) is 7.11 Å². The number of benzene rings is 3. The van der Waals surface area contributed by atoms with Crippen LogP contribution < -0.4 is 25.4 Å². The Bertz CT molecular complexity index is 1490. The number of ether oxygens (including phenoxy) is 3. The number of methoxy groups -OCH3 is 1. The first kappa shape index (κ1) is 31.5. The average Bonchev–Trinajstić information content (AvgIpc) is 2.99. The first-order chi connectivity index (χ1) is 20.6. The van der Waals surface area contributed by atoms with Crippen LogP contribution in [0.15, 0.2) is 61.2 Å². The van der Waals surface area contributed by atoms with Crippen molar-refractivity contribution in [2.45, 2.75) is 26.2 Å². The fraction of sp³-hybridized carbons (Fsp3) is 0.364. The molecule has 228 valence electrons. The van der Waals surface area contributed by atoms with Crippen LogP contribution in [0.3, 0.4) is 0 Å². The number of nitrogens with zero attached hydrogens (tertiary/aromatic N) is 1. The molecule has 1 fully saturated rings. The second-order valence-corrected chi connectivity index (χ2v) is 11.2. The van der Waals surface area contributed by atoms with E-state index in [4.69, 9.17) is 14.2 Å². The maximum absolute atomic E-state index is 13.6. The topological polar surface area (TPSA) is 118 Å². The molecule has 0 bridgehead atoms. The molecule has 1 aliphatic heterocycles. The molecule has 0 unspecified atom stereocenters. The predicted molar refractivity (Wildman–Crippen MR) is 169 cm³/mol. The molecule has 10 heteroatoms. The number of hydrogen-bond donors (Lipinski definition) is 3. The van der Waals surface area contributed by atoms with Crippen molar-refractivity contribution in [1.82, 2.24) is 10.2 Å². The van der Waals surface area contributed by atoms with Crippen molar-refractivity contribution >= 4 is 39.9 Å². The number of anilines is 2. The molecule has 1 aliphatic rings. The third-order valence-electron chi connectivity index (χ3n) is 7.17. The number of urea groups is 1. The molecule has 0 aliphatic carbocycles. The summed E-state index contributed by atoms with van der Waals surface area (Å²) in [6.45, 7) is 14.3. The van der Waals surface area contributed by atoms with Crippen LogP contribution in [0, 0.1) is 0 Å². The van der Waals surface area contributed by atoms with Crippen molar-refractivity contribution in [3.63, 3.8) is 0 Å². The molecule has 0 radical (unpaired) electrons. The molecule has 3 amide bonds. The number of nitrogens with one attached hydrogen (secondary N) is 3. The summed E-state index contributed by atoms with van der Waals surface area (Å²) in [6.07, 6.45) is 1.56. The van der Waals surface area contributed by atoms with Crippen molar-refractivity contribution in [1.29, 1.82) is 0 Å². The van der Waals surface area contributed by atoms with Gasteiger partial charge in [0.15, 0.2) is 5.75 Å². The number of fused-ring (bicyclic) bond motifs is 1. The van der Waals surface area contributed by atoms with Crippen molar-refractivity contribution in [3.8, 4) is 11.5 Å². The Morgan fingerprint density at radius 1 is 1.00 bits per heavy atom. The number of morpholine rings is 1. The molecule has 3 N–H and O–H groups in total. The first-order valence-electron chi connectivity index (χ1n) is 14.3. The van der Waals surface area contributed by atoms with Gasteiger partial charge in [0.2, 0.25) is 0 Å². The minimum absolute atomic E-state index is 0.219. The number of ketones is 1. The van der Waals surface area contributed by atoms with Gasteiger partial charge in [0.1, 0.15) is 12.4 Å². The van der Waals surface area contributed by atoms with Crippen LogP contribution in [-0.4, -0.2) is 75.7 Å². The van der Waals surface area contributed by atoms with Crippen LogP contribution in [0.25, 0.3) is 10.8 Å². The third-order valence-corrected chi connectivity index (χ3v) is 7.17. The fourth-order valence-electron chi connectivity index (χ4n) is 4.81. The highest BCUT2D eigenvalue weighted by Crippen LogP contribution is 2.39. The summed E-state index contributed by atoms with van der Waals surface area (Å²) in [5.74, 6) is -0.683. The third kappa shape index (κ3) is 7.91. The summed E-state index contributed by atoms with van der Waals surface area (Å²) in [5, 5.41) is 9.52. The summed E-state index contributed by atoms with van der Waals surface area (Å²) < 4.78 is 17.1. The van der Waals surface area contributed by atoms with E-state index in [1.807, 2.05) is 39.0 Å². The Morgan fingerprint density at radius 2 is 1.67 bits per heavy atom. The molecule has 1 heterocycles. The summed E-state index contributed by atoms with van der Waals surface area (Å²) >= 11 is 0. The number of carbonyl (C=O) groups is 3. The number of amides is 3. The van der Waals surface area contributed by atoms with Crippen molar-refractivity contribution < 1.29 is 28.6 Å². The van der Waals surface area contributed by atoms with E-state index in [0.717, 1.165) is 43.8 Å². The minimum Gasteiger partial charge on any atom is -0.492 e. The van der Waals surface area contributed by atoms with Gasteiger partial charge in [-0.2, -0.15) is 0 Å². The zero-order chi connectivity index (χ0) is 31.0. The van der Waals surface area contributed by atoms with Gasteiger partial charge in [0.25, 0.3) is 11.7 Å². The molecular weight excluding hydrogens is 548 g/mol. The van der Waals surface area contributed by atoms with E-state index in [9.17, 15) is 14.4 Å². The summed E-state index contributed by atoms with van der Waals surface area (Å²) in [7, 11) is 1.43. The Kier molecular flexibility index (Phi) is 10.4. The van der Waals surface area contributed by atoms with Gasteiger partial charge in [-0.05, 0) is 40.6 Å². The molecule has 0 saturated carbocycles. The van der Waals surface area contributed by atoms with Crippen LogP contribution in [0.1, 0.15) is 36.7 Å². The number of Topliss-reactive ketones (excluding diaryl/α,β-unsaturated/α-hetero) is 1. The number of hydrogen-bond acceptors (Lipinski definition) is 7. The van der Waals surface area contributed by atoms with Gasteiger partial charge in [-0.15, -0.1) is 6.58 Å². The normalized spacial score (nSPS) is 13.7. The second kappa shape index (κ2) is 14.2. The maximum Gasteiger partial charge on any atom is 0.319 e. The average molecular weight is 589 g/mol. The molecule has 3 aromatic rings. The Hall–Kier alpha value is -4.41. The molecular formula is C33H40N4O6. The summed E-state index contributed by atoms with van der Waals surface area (Å²) in [5.41, 5.74) is 1.35. The monoisotopic (exact) mass is 588 g/mol. The lowest BCUT2D eigenvalue weighted by atomic mass is 9.86. The molecule has 43 heavy (non-hydrogen) atoms. The minimum atomic E-state index is -0.836. The van der Waals surface area contributed by atoms with E-state index in [1.54, 1.807) is 36.4 Å². The van der Waals surface area contributed by atoms with Gasteiger partial charge < -0.3 is 30.2 Å². The Balaban J connectivity index is 1.58. The fourth-order valence-corrected chi connectivity index (χ4v) is 4.81. The molecule has 0 atom stereocenters. The molecule has 0 spiro atoms. The largest absolute Gasteiger partial charge is 0.492 e. The van der Waals surface area contributed by atoms with Crippen molar-refractivity contribution in [2.24, 2.45) is 0 Å². The lowest BCUT2D eigenvalue weighted by Gasteiger charge is -2.26. The highest BCUT2D eigenvalue weighted by atomic mass is 16.5. The zero-order valence-electron chi connectivity index (χ0n) is 25.2. The van der Waals surface area contributed by atoms with Crippen LogP contribution >= 0.6 is 0 Å². The summed E-state index contributed by atoms with van der Waals surface area (Å²) in [4.78, 5) is 41.7. The van der Waals surface area contributed by atoms with Gasteiger partial charge in [-0.3, -0.25) is 14.5 Å². The summed E-state index contributed by atoms with van der Waals surface area (Å²) in [6, 6.07) is 13.8. The van der Waals surface area contributed by atoms with Crippen LogP contribution in [-0.2, 0) is 14.9 Å². The number of carbonyl (C=O) groups excluding carboxylic acids is 3. The van der Waals surface area contributed by atoms with Gasteiger partial charge in [0.05, 0.1) is 31.7 Å². The lowest BCUT2D eigenvalue weighted by molar-refractivity contribution is -0.112. The van der Waals surface area contributed by atoms with Gasteiger partial charge >= 0.3 is 6.03 Å². The maximum atomic E-state index is 13.6. The SMILES string of the molecule is C=CCNC(=O)Nc1cc(C(C)(C)C)cc(NC(=O)C(=O)c2ccc(OCCN3CCOCC3)c3ccccc23)c1OC. The van der Waals surface area contributed by atoms with Crippen molar-refractivity contribution in [3.05, 3.63) is 72.3 Å². The van der Waals surface area contributed by atoms with Crippen LogP contribution in [0.2, 0.25) is 0 Å². The van der Waals surface area contributed by atoms with Gasteiger partial charge in [-0.25, -0.2) is 4.79 Å². The zero-order valence-corrected chi connectivity index (χ0v) is 25.2. The van der Waals surface area contributed by atoms with Crippen LogP contribution in [0.5, 0.6) is 11.5 Å². The smallest absolute Gasteiger partial charge is 0.319 e. The molecule has 1 saturated heterocycles. The second-order valence-electron chi connectivity index (χ2n) is 11.2. The molecule has 4 rings (SSSR count). The highest BCUT2D eigenvalue weighted by molar-refractivity contribution is 6.48. The van der Waals surface area contributed by atoms with E-state index in [0.29, 0.717) is 23.4 Å². The van der Waals surface area contributed by atoms with E-state index < -0.39 is 17.7 Å². The molecule has 10 nitrogen and oxygen atoms in total. The Morgan fingerprint density at radius 3 is 2.33 bits per heavy atom. The van der Waals surface area contributed by atoms with E-state index in [2.05, 4.69) is 27.4 Å².